The Bertz CT molecular complexity index is 945. The van der Waals surface area contributed by atoms with Crippen LogP contribution in [0.4, 0.5) is 0 Å². The standard InChI is InChI=1S/C22H22BrNO5/c1-14(28-16-5-3-15(23)4-6-16)21(26)24-10-9-22(13-24)12-19(25)18-11-17(27-2)7-8-20(18)29-22/h3-8,11,14H,9-10,12-13H2,1-2H3. The summed E-state index contributed by atoms with van der Waals surface area (Å²) in [5.74, 6) is 1.71. The van der Waals surface area contributed by atoms with Gasteiger partial charge in [0.1, 0.15) is 22.8 Å². The highest BCUT2D eigenvalue weighted by molar-refractivity contribution is 9.10. The summed E-state index contributed by atoms with van der Waals surface area (Å²) in [5, 5.41) is 0. The molecule has 152 valence electrons. The van der Waals surface area contributed by atoms with Gasteiger partial charge in [-0.1, -0.05) is 15.9 Å². The molecule has 4 rings (SSSR count). The number of amides is 1. The molecule has 2 heterocycles. The monoisotopic (exact) mass is 459 g/mol. The molecule has 2 aliphatic rings. The minimum atomic E-state index is -0.675. The van der Waals surface area contributed by atoms with Gasteiger partial charge < -0.3 is 19.1 Å². The van der Waals surface area contributed by atoms with Gasteiger partial charge in [-0.3, -0.25) is 9.59 Å². The maximum absolute atomic E-state index is 12.9. The third-order valence-electron chi connectivity index (χ3n) is 5.40. The second kappa shape index (κ2) is 7.71. The normalized spacial score (nSPS) is 21.5. The van der Waals surface area contributed by atoms with Gasteiger partial charge in [0.05, 0.1) is 25.6 Å². The van der Waals surface area contributed by atoms with Crippen molar-refractivity contribution in [3.8, 4) is 17.2 Å². The van der Waals surface area contributed by atoms with Crippen LogP contribution in [0.15, 0.2) is 46.9 Å². The Kier molecular flexibility index (Phi) is 5.25. The molecule has 1 spiro atoms. The lowest BCUT2D eigenvalue weighted by atomic mass is 9.89. The summed E-state index contributed by atoms with van der Waals surface area (Å²) in [5.41, 5.74) is -0.141. The van der Waals surface area contributed by atoms with Crippen LogP contribution in [0, 0.1) is 0 Å². The van der Waals surface area contributed by atoms with Gasteiger partial charge in [0, 0.05) is 17.4 Å². The molecule has 0 N–H and O–H groups in total. The molecule has 1 fully saturated rings. The van der Waals surface area contributed by atoms with Crippen molar-refractivity contribution in [3.05, 3.63) is 52.5 Å². The van der Waals surface area contributed by atoms with E-state index in [1.54, 1.807) is 37.1 Å². The highest BCUT2D eigenvalue weighted by Gasteiger charge is 2.47. The summed E-state index contributed by atoms with van der Waals surface area (Å²) in [6, 6.07) is 12.6. The van der Waals surface area contributed by atoms with Gasteiger partial charge in [-0.25, -0.2) is 0 Å². The van der Waals surface area contributed by atoms with Crippen LogP contribution in [0.25, 0.3) is 0 Å². The molecule has 7 heteroatoms. The van der Waals surface area contributed by atoms with Gasteiger partial charge >= 0.3 is 0 Å². The lowest BCUT2D eigenvalue weighted by Crippen LogP contribution is -2.47. The predicted molar refractivity (Wildman–Crippen MR) is 111 cm³/mol. The van der Waals surface area contributed by atoms with Crippen molar-refractivity contribution >= 4 is 27.6 Å². The van der Waals surface area contributed by atoms with Gasteiger partial charge in [0.25, 0.3) is 5.91 Å². The zero-order chi connectivity index (χ0) is 20.6. The van der Waals surface area contributed by atoms with E-state index in [1.807, 2.05) is 24.3 Å². The molecule has 1 amide bonds. The Hall–Kier alpha value is -2.54. The third kappa shape index (κ3) is 3.96. The molecular weight excluding hydrogens is 438 g/mol. The van der Waals surface area contributed by atoms with Crippen LogP contribution in [-0.2, 0) is 4.79 Å². The SMILES string of the molecule is COc1ccc2c(c1)C(=O)CC1(CCN(C(=O)C(C)Oc3ccc(Br)cc3)C1)O2. The number of hydrogen-bond donors (Lipinski definition) is 0. The van der Waals surface area contributed by atoms with Crippen molar-refractivity contribution in [2.24, 2.45) is 0 Å². The lowest BCUT2D eigenvalue weighted by molar-refractivity contribution is -0.137. The first-order chi connectivity index (χ1) is 13.9. The summed E-state index contributed by atoms with van der Waals surface area (Å²) in [6.07, 6.45) is 0.238. The predicted octanol–water partition coefficient (Wildman–Crippen LogP) is 3.86. The number of benzene rings is 2. The molecule has 0 radical (unpaired) electrons. The summed E-state index contributed by atoms with van der Waals surface area (Å²) in [7, 11) is 1.56. The molecule has 0 bridgehead atoms. The van der Waals surface area contributed by atoms with Crippen LogP contribution in [0.3, 0.4) is 0 Å². The van der Waals surface area contributed by atoms with Crippen LogP contribution in [0.5, 0.6) is 17.2 Å². The fourth-order valence-electron chi connectivity index (χ4n) is 3.89. The number of halogens is 1. The molecule has 6 nitrogen and oxygen atoms in total. The molecular formula is C22H22BrNO5. The molecule has 0 aliphatic carbocycles. The van der Waals surface area contributed by atoms with E-state index in [9.17, 15) is 9.59 Å². The average Bonchev–Trinajstić information content (AvgIpc) is 3.11. The molecule has 2 aromatic rings. The van der Waals surface area contributed by atoms with Gasteiger partial charge in [-0.2, -0.15) is 0 Å². The maximum atomic E-state index is 12.9. The van der Waals surface area contributed by atoms with E-state index in [1.165, 1.54) is 0 Å². The van der Waals surface area contributed by atoms with Gasteiger partial charge in [-0.05, 0) is 49.4 Å². The molecule has 29 heavy (non-hydrogen) atoms. The van der Waals surface area contributed by atoms with Gasteiger partial charge in [-0.15, -0.1) is 0 Å². The Morgan fingerprint density at radius 3 is 2.66 bits per heavy atom. The fourth-order valence-corrected chi connectivity index (χ4v) is 4.15. The molecule has 0 aromatic heterocycles. The van der Waals surface area contributed by atoms with Gasteiger partial charge in [0.2, 0.25) is 0 Å². The van der Waals surface area contributed by atoms with Crippen molar-refractivity contribution < 1.29 is 23.8 Å². The lowest BCUT2D eigenvalue weighted by Gasteiger charge is -2.35. The number of ether oxygens (including phenoxy) is 3. The van der Waals surface area contributed by atoms with E-state index in [4.69, 9.17) is 14.2 Å². The van der Waals surface area contributed by atoms with Crippen molar-refractivity contribution in [1.29, 1.82) is 0 Å². The number of likely N-dealkylation sites (tertiary alicyclic amines) is 1. The van der Waals surface area contributed by atoms with Gasteiger partial charge in [0.15, 0.2) is 11.9 Å². The van der Waals surface area contributed by atoms with Crippen molar-refractivity contribution in [2.75, 3.05) is 20.2 Å². The topological polar surface area (TPSA) is 65.1 Å². The van der Waals surface area contributed by atoms with Crippen LogP contribution in [0.1, 0.15) is 30.1 Å². The zero-order valence-electron chi connectivity index (χ0n) is 16.3. The Labute approximate surface area is 177 Å². The highest BCUT2D eigenvalue weighted by atomic mass is 79.9. The van der Waals surface area contributed by atoms with Crippen molar-refractivity contribution in [2.45, 2.75) is 31.5 Å². The smallest absolute Gasteiger partial charge is 0.263 e. The number of fused-ring (bicyclic) bond motifs is 1. The number of hydrogen-bond acceptors (Lipinski definition) is 5. The first-order valence-electron chi connectivity index (χ1n) is 9.50. The number of nitrogens with zero attached hydrogens (tertiary/aromatic N) is 1. The Balaban J connectivity index is 1.44. The fraction of sp³-hybridized carbons (Fsp3) is 0.364. The third-order valence-corrected chi connectivity index (χ3v) is 5.93. The molecule has 2 aliphatic heterocycles. The van der Waals surface area contributed by atoms with Crippen LogP contribution >= 0.6 is 15.9 Å². The average molecular weight is 460 g/mol. The van der Waals surface area contributed by atoms with Crippen LogP contribution < -0.4 is 14.2 Å². The molecule has 2 unspecified atom stereocenters. The Morgan fingerprint density at radius 2 is 1.93 bits per heavy atom. The van der Waals surface area contributed by atoms with E-state index in [0.717, 1.165) is 4.47 Å². The number of carbonyl (C=O) groups is 2. The van der Waals surface area contributed by atoms with Crippen molar-refractivity contribution in [3.63, 3.8) is 0 Å². The number of rotatable bonds is 4. The first kappa shape index (κ1) is 19.8. The zero-order valence-corrected chi connectivity index (χ0v) is 17.9. The second-order valence-electron chi connectivity index (χ2n) is 7.47. The quantitative estimate of drug-likeness (QED) is 0.694. The molecule has 0 saturated carbocycles. The Morgan fingerprint density at radius 1 is 1.21 bits per heavy atom. The summed E-state index contributed by atoms with van der Waals surface area (Å²) in [4.78, 5) is 27.3. The minimum absolute atomic E-state index is 0.0126. The maximum Gasteiger partial charge on any atom is 0.263 e. The minimum Gasteiger partial charge on any atom is -0.497 e. The number of methoxy groups -OCH3 is 1. The molecule has 1 saturated heterocycles. The summed E-state index contributed by atoms with van der Waals surface area (Å²) < 4.78 is 18.2. The largest absolute Gasteiger partial charge is 0.497 e. The van der Waals surface area contributed by atoms with E-state index < -0.39 is 11.7 Å². The molecule has 2 atom stereocenters. The summed E-state index contributed by atoms with van der Waals surface area (Å²) >= 11 is 3.38. The van der Waals surface area contributed by atoms with E-state index in [-0.39, 0.29) is 18.1 Å². The van der Waals surface area contributed by atoms with Crippen LogP contribution in [-0.4, -0.2) is 48.5 Å². The first-order valence-corrected chi connectivity index (χ1v) is 10.3. The number of Topliss-reactive ketones (excluding diaryl/α,β-unsaturated/α-hetero) is 1. The molecule has 2 aromatic carbocycles. The second-order valence-corrected chi connectivity index (χ2v) is 8.39. The van der Waals surface area contributed by atoms with E-state index in [0.29, 0.717) is 42.3 Å². The summed E-state index contributed by atoms with van der Waals surface area (Å²) in [6.45, 7) is 2.65. The van der Waals surface area contributed by atoms with E-state index >= 15 is 0 Å². The van der Waals surface area contributed by atoms with Crippen LogP contribution in [0.2, 0.25) is 0 Å². The van der Waals surface area contributed by atoms with E-state index in [2.05, 4.69) is 15.9 Å². The number of ketones is 1. The highest BCUT2D eigenvalue weighted by Crippen LogP contribution is 2.40. The number of carbonyl (C=O) groups excluding carboxylic acids is 2. The van der Waals surface area contributed by atoms with Crippen molar-refractivity contribution in [1.82, 2.24) is 4.90 Å².